The fourth-order valence-corrected chi connectivity index (χ4v) is 2.01. The van der Waals surface area contributed by atoms with Gasteiger partial charge in [-0.3, -0.25) is 9.59 Å². The molecule has 0 aliphatic heterocycles. The number of hydrogen-bond acceptors (Lipinski definition) is 2. The van der Waals surface area contributed by atoms with E-state index < -0.39 is 23.3 Å². The van der Waals surface area contributed by atoms with E-state index in [1.807, 2.05) is 0 Å². The van der Waals surface area contributed by atoms with E-state index in [0.29, 0.717) is 12.8 Å². The molecule has 1 aliphatic rings. The number of carboxylic acid groups (broad SMARTS) is 1. The number of nitrogens with one attached hydrogen (secondary N) is 1. The van der Waals surface area contributed by atoms with Gasteiger partial charge in [-0.2, -0.15) is 0 Å². The first kappa shape index (κ1) is 12.6. The first-order valence-electron chi connectivity index (χ1n) is 5.40. The smallest absolute Gasteiger partial charge is 0.307 e. The maximum absolute atomic E-state index is 11.9. The predicted octanol–water partition coefficient (Wildman–Crippen LogP) is 1.02. The summed E-state index contributed by atoms with van der Waals surface area (Å²) in [6.45, 7) is 3.44. The van der Waals surface area contributed by atoms with Crippen LogP contribution in [0.25, 0.3) is 0 Å². The second-order valence-corrected chi connectivity index (χ2v) is 4.74. The van der Waals surface area contributed by atoms with Gasteiger partial charge in [-0.25, -0.2) is 0 Å². The lowest BCUT2D eigenvalue weighted by Gasteiger charge is -2.23. The van der Waals surface area contributed by atoms with Crippen LogP contribution >= 0.6 is 0 Å². The fourth-order valence-electron chi connectivity index (χ4n) is 2.01. The monoisotopic (exact) mass is 223 g/mol. The van der Waals surface area contributed by atoms with Crippen molar-refractivity contribution >= 4 is 11.9 Å². The van der Waals surface area contributed by atoms with E-state index in [1.165, 1.54) is 0 Å². The topological polar surface area (TPSA) is 66.4 Å². The summed E-state index contributed by atoms with van der Waals surface area (Å²) in [5.74, 6) is 0.324. The van der Waals surface area contributed by atoms with Gasteiger partial charge in [0.1, 0.15) is 0 Å². The molecule has 1 saturated carbocycles. The molecule has 4 nitrogen and oxygen atoms in total. The molecular formula is C12H17NO3. The van der Waals surface area contributed by atoms with Crippen LogP contribution in [0, 0.1) is 24.2 Å². The molecular weight excluding hydrogens is 206 g/mol. The van der Waals surface area contributed by atoms with Crippen LogP contribution in [0.5, 0.6) is 0 Å². The molecule has 16 heavy (non-hydrogen) atoms. The van der Waals surface area contributed by atoms with Crippen LogP contribution < -0.4 is 5.32 Å². The molecule has 0 saturated heterocycles. The third kappa shape index (κ3) is 2.75. The minimum absolute atomic E-state index is 0.243. The zero-order chi connectivity index (χ0) is 12.3. The number of terminal acetylenes is 1. The van der Waals surface area contributed by atoms with Crippen molar-refractivity contribution in [3.8, 4) is 12.3 Å². The normalized spacial score (nSPS) is 24.8. The Bertz CT molecular complexity index is 341. The fraction of sp³-hybridized carbons (Fsp3) is 0.667. The molecule has 1 rings (SSSR count). The number of hydrogen-bond donors (Lipinski definition) is 2. The summed E-state index contributed by atoms with van der Waals surface area (Å²) in [6.07, 6.45) is 7.25. The van der Waals surface area contributed by atoms with Gasteiger partial charge in [-0.05, 0) is 26.7 Å². The lowest BCUT2D eigenvalue weighted by atomic mass is 9.94. The summed E-state index contributed by atoms with van der Waals surface area (Å²) in [5.41, 5.74) is -0.720. The molecule has 0 radical (unpaired) electrons. The van der Waals surface area contributed by atoms with Crippen LogP contribution in [0.15, 0.2) is 0 Å². The molecule has 1 amide bonds. The van der Waals surface area contributed by atoms with E-state index in [9.17, 15) is 9.59 Å². The number of aliphatic carboxylic acids is 1. The highest BCUT2D eigenvalue weighted by Gasteiger charge is 2.38. The quantitative estimate of drug-likeness (QED) is 0.702. The van der Waals surface area contributed by atoms with E-state index in [4.69, 9.17) is 11.5 Å². The van der Waals surface area contributed by atoms with Crippen molar-refractivity contribution < 1.29 is 14.7 Å². The highest BCUT2D eigenvalue weighted by molar-refractivity contribution is 5.85. The molecule has 0 spiro atoms. The van der Waals surface area contributed by atoms with Gasteiger partial charge < -0.3 is 10.4 Å². The minimum Gasteiger partial charge on any atom is -0.481 e. The van der Waals surface area contributed by atoms with Gasteiger partial charge in [0.2, 0.25) is 5.91 Å². The van der Waals surface area contributed by atoms with E-state index in [2.05, 4.69) is 11.2 Å². The Kier molecular flexibility index (Phi) is 3.58. The van der Waals surface area contributed by atoms with Gasteiger partial charge in [0.15, 0.2) is 0 Å². The summed E-state index contributed by atoms with van der Waals surface area (Å²) in [4.78, 5) is 22.8. The van der Waals surface area contributed by atoms with Crippen LogP contribution in [-0.2, 0) is 9.59 Å². The average molecular weight is 223 g/mol. The first-order valence-corrected chi connectivity index (χ1v) is 5.40. The van der Waals surface area contributed by atoms with Crippen molar-refractivity contribution in [3.63, 3.8) is 0 Å². The summed E-state index contributed by atoms with van der Waals surface area (Å²) in [6, 6.07) is 0. The third-order valence-electron chi connectivity index (χ3n) is 2.97. The predicted molar refractivity (Wildman–Crippen MR) is 59.5 cm³/mol. The number of rotatable bonds is 3. The minimum atomic E-state index is -0.892. The number of carboxylic acids is 1. The third-order valence-corrected chi connectivity index (χ3v) is 2.97. The van der Waals surface area contributed by atoms with Crippen molar-refractivity contribution in [2.24, 2.45) is 11.8 Å². The SMILES string of the molecule is C#CC(C)(C)NC(=O)C1CCCC1C(=O)O. The molecule has 0 bridgehead atoms. The number of carbonyl (C=O) groups excluding carboxylic acids is 1. The van der Waals surface area contributed by atoms with Crippen LogP contribution in [0.3, 0.4) is 0 Å². The first-order chi connectivity index (χ1) is 7.37. The van der Waals surface area contributed by atoms with E-state index in [-0.39, 0.29) is 5.91 Å². The Labute approximate surface area is 95.4 Å². The molecule has 2 unspecified atom stereocenters. The Morgan fingerprint density at radius 2 is 1.94 bits per heavy atom. The highest BCUT2D eigenvalue weighted by atomic mass is 16.4. The Hall–Kier alpha value is -1.50. The van der Waals surface area contributed by atoms with Crippen molar-refractivity contribution in [3.05, 3.63) is 0 Å². The van der Waals surface area contributed by atoms with Gasteiger partial charge in [0.05, 0.1) is 17.4 Å². The number of amides is 1. The lowest BCUT2D eigenvalue weighted by Crippen LogP contribution is -2.46. The summed E-state index contributed by atoms with van der Waals surface area (Å²) in [5, 5.41) is 11.7. The van der Waals surface area contributed by atoms with Gasteiger partial charge in [-0.15, -0.1) is 6.42 Å². The van der Waals surface area contributed by atoms with Crippen LogP contribution in [0.2, 0.25) is 0 Å². The van der Waals surface area contributed by atoms with Crippen molar-refractivity contribution in [2.45, 2.75) is 38.6 Å². The molecule has 2 N–H and O–H groups in total. The Morgan fingerprint density at radius 3 is 2.44 bits per heavy atom. The maximum Gasteiger partial charge on any atom is 0.307 e. The van der Waals surface area contributed by atoms with E-state index in [0.717, 1.165) is 6.42 Å². The molecule has 1 aliphatic carbocycles. The Morgan fingerprint density at radius 1 is 1.38 bits per heavy atom. The molecule has 0 aromatic rings. The molecule has 4 heteroatoms. The second-order valence-electron chi connectivity index (χ2n) is 4.74. The van der Waals surface area contributed by atoms with E-state index in [1.54, 1.807) is 13.8 Å². The average Bonchev–Trinajstić information content (AvgIpc) is 2.65. The van der Waals surface area contributed by atoms with Crippen LogP contribution in [-0.4, -0.2) is 22.5 Å². The van der Waals surface area contributed by atoms with Crippen LogP contribution in [0.4, 0.5) is 0 Å². The molecule has 2 atom stereocenters. The number of carbonyl (C=O) groups is 2. The summed E-state index contributed by atoms with van der Waals surface area (Å²) >= 11 is 0. The maximum atomic E-state index is 11.9. The summed E-state index contributed by atoms with van der Waals surface area (Å²) < 4.78 is 0. The Balaban J connectivity index is 2.68. The van der Waals surface area contributed by atoms with Gasteiger partial charge in [-0.1, -0.05) is 12.3 Å². The molecule has 0 heterocycles. The van der Waals surface area contributed by atoms with Crippen molar-refractivity contribution in [1.29, 1.82) is 0 Å². The largest absolute Gasteiger partial charge is 0.481 e. The zero-order valence-corrected chi connectivity index (χ0v) is 9.62. The molecule has 1 fully saturated rings. The standard InChI is InChI=1S/C12H17NO3/c1-4-12(2,3)13-10(14)8-6-5-7-9(8)11(15)16/h1,8-9H,5-7H2,2-3H3,(H,13,14)(H,15,16). The second kappa shape index (κ2) is 4.56. The molecule has 0 aromatic carbocycles. The summed E-state index contributed by atoms with van der Waals surface area (Å²) in [7, 11) is 0. The van der Waals surface area contributed by atoms with Gasteiger partial charge in [0, 0.05) is 0 Å². The molecule has 88 valence electrons. The van der Waals surface area contributed by atoms with E-state index >= 15 is 0 Å². The van der Waals surface area contributed by atoms with Crippen molar-refractivity contribution in [1.82, 2.24) is 5.32 Å². The van der Waals surface area contributed by atoms with Crippen molar-refractivity contribution in [2.75, 3.05) is 0 Å². The van der Waals surface area contributed by atoms with Crippen LogP contribution in [0.1, 0.15) is 33.1 Å². The molecule has 0 aromatic heterocycles. The van der Waals surface area contributed by atoms with Gasteiger partial charge >= 0.3 is 5.97 Å². The zero-order valence-electron chi connectivity index (χ0n) is 9.62. The highest BCUT2D eigenvalue weighted by Crippen LogP contribution is 2.32. The van der Waals surface area contributed by atoms with Gasteiger partial charge in [0.25, 0.3) is 0 Å². The lowest BCUT2D eigenvalue weighted by molar-refractivity contribution is -0.146.